The Bertz CT molecular complexity index is 1330. The van der Waals surface area contributed by atoms with Gasteiger partial charge in [-0.1, -0.05) is 46.8 Å². The van der Waals surface area contributed by atoms with Crippen molar-refractivity contribution < 1.29 is 19.1 Å². The van der Waals surface area contributed by atoms with E-state index < -0.39 is 11.8 Å². The molecule has 0 aliphatic rings. The van der Waals surface area contributed by atoms with Crippen LogP contribution in [0.15, 0.2) is 72.8 Å². The van der Waals surface area contributed by atoms with Gasteiger partial charge < -0.3 is 10.1 Å². The molecular weight excluding hydrogens is 524 g/mol. The van der Waals surface area contributed by atoms with Crippen molar-refractivity contribution in [1.29, 1.82) is 0 Å². The third kappa shape index (κ3) is 9.20. The van der Waals surface area contributed by atoms with Crippen LogP contribution in [0, 0.1) is 5.92 Å². The minimum atomic E-state index is -0.463. The van der Waals surface area contributed by atoms with E-state index in [0.717, 1.165) is 12.0 Å². The van der Waals surface area contributed by atoms with Gasteiger partial charge in [-0.25, -0.2) is 0 Å². The van der Waals surface area contributed by atoms with Gasteiger partial charge in [0.2, 0.25) is 0 Å². The molecule has 0 atom stereocenters. The summed E-state index contributed by atoms with van der Waals surface area (Å²) in [5.74, 6) is 0.108. The molecule has 8 nitrogen and oxygen atoms in total. The van der Waals surface area contributed by atoms with Crippen molar-refractivity contribution in [2.24, 2.45) is 5.92 Å². The fourth-order valence-electron chi connectivity index (χ4n) is 3.54. The summed E-state index contributed by atoms with van der Waals surface area (Å²) in [6.07, 6.45) is 0.946. The van der Waals surface area contributed by atoms with Crippen LogP contribution >= 0.6 is 12.2 Å². The van der Waals surface area contributed by atoms with Gasteiger partial charge in [-0.05, 0) is 96.2 Å². The molecule has 0 unspecified atom stereocenters. The molecule has 0 heterocycles. The average molecular weight is 561 g/mol. The van der Waals surface area contributed by atoms with E-state index in [0.29, 0.717) is 40.7 Å². The van der Waals surface area contributed by atoms with Gasteiger partial charge in [-0.15, -0.1) is 0 Å². The number of ether oxygens (including phenoxy) is 1. The van der Waals surface area contributed by atoms with E-state index in [4.69, 9.17) is 17.0 Å². The maximum Gasteiger partial charge on any atom is 0.269 e. The van der Waals surface area contributed by atoms with Crippen molar-refractivity contribution >= 4 is 40.7 Å². The maximum absolute atomic E-state index is 12.6. The summed E-state index contributed by atoms with van der Waals surface area (Å²) in [6, 6.07) is 20.6. The zero-order valence-electron chi connectivity index (χ0n) is 23.5. The molecule has 0 saturated carbocycles. The second-order valence-electron chi connectivity index (χ2n) is 10.8. The molecule has 3 amide bonds. The van der Waals surface area contributed by atoms with E-state index in [2.05, 4.69) is 56.1 Å². The molecule has 3 rings (SSSR count). The fraction of sp³-hybridized carbons (Fsp3) is 0.290. The van der Waals surface area contributed by atoms with Gasteiger partial charge in [-0.3, -0.25) is 30.6 Å². The summed E-state index contributed by atoms with van der Waals surface area (Å²) in [7, 11) is 0. The number of hydrazine groups is 1. The number of hydrogen-bond acceptors (Lipinski definition) is 5. The number of thiocarbonyl (C=S) groups is 1. The van der Waals surface area contributed by atoms with E-state index in [-0.39, 0.29) is 16.4 Å². The molecule has 3 aromatic carbocycles. The lowest BCUT2D eigenvalue weighted by Gasteiger charge is -2.19. The van der Waals surface area contributed by atoms with Crippen LogP contribution < -0.4 is 26.2 Å². The van der Waals surface area contributed by atoms with Crippen LogP contribution in [0.5, 0.6) is 5.75 Å². The molecule has 0 bridgehead atoms. The Kier molecular flexibility index (Phi) is 10.4. The molecule has 0 aliphatic carbocycles. The number of rotatable bonds is 8. The minimum absolute atomic E-state index is 0.00425. The summed E-state index contributed by atoms with van der Waals surface area (Å²) in [5.41, 5.74) is 7.94. The SMILES string of the molecule is CC(C)CCOc1ccc(C(=O)NC(=S)NNC(=O)c2ccc(NC(=O)c3ccc(C(C)(C)C)cc3)cc2)cc1. The van der Waals surface area contributed by atoms with Crippen LogP contribution in [-0.2, 0) is 5.41 Å². The summed E-state index contributed by atoms with van der Waals surface area (Å²) in [5, 5.41) is 5.28. The minimum Gasteiger partial charge on any atom is -0.494 e. The third-order valence-electron chi connectivity index (χ3n) is 6.02. The highest BCUT2D eigenvalue weighted by molar-refractivity contribution is 7.80. The lowest BCUT2D eigenvalue weighted by atomic mass is 9.87. The molecule has 0 aliphatic heterocycles. The number of carbonyl (C=O) groups is 3. The van der Waals surface area contributed by atoms with Crippen LogP contribution in [-0.4, -0.2) is 29.4 Å². The van der Waals surface area contributed by atoms with Gasteiger partial charge in [0.15, 0.2) is 5.11 Å². The largest absolute Gasteiger partial charge is 0.494 e. The predicted octanol–water partition coefficient (Wildman–Crippen LogP) is 5.61. The van der Waals surface area contributed by atoms with Crippen molar-refractivity contribution in [3.8, 4) is 5.75 Å². The van der Waals surface area contributed by atoms with E-state index in [1.807, 2.05) is 12.1 Å². The van der Waals surface area contributed by atoms with Crippen molar-refractivity contribution in [1.82, 2.24) is 16.2 Å². The van der Waals surface area contributed by atoms with E-state index >= 15 is 0 Å². The molecule has 4 N–H and O–H groups in total. The van der Waals surface area contributed by atoms with Gasteiger partial charge in [0.25, 0.3) is 17.7 Å². The Morgan fingerprint density at radius 1 is 0.750 bits per heavy atom. The quantitative estimate of drug-likeness (QED) is 0.211. The highest BCUT2D eigenvalue weighted by Crippen LogP contribution is 2.22. The number of anilines is 1. The van der Waals surface area contributed by atoms with Gasteiger partial charge in [0, 0.05) is 22.4 Å². The van der Waals surface area contributed by atoms with E-state index in [1.54, 1.807) is 60.7 Å². The molecule has 0 fully saturated rings. The first-order chi connectivity index (χ1) is 18.9. The van der Waals surface area contributed by atoms with Gasteiger partial charge in [-0.2, -0.15) is 0 Å². The lowest BCUT2D eigenvalue weighted by Crippen LogP contribution is -2.48. The van der Waals surface area contributed by atoms with Gasteiger partial charge in [0.1, 0.15) is 5.75 Å². The van der Waals surface area contributed by atoms with E-state index in [1.165, 1.54) is 0 Å². The van der Waals surface area contributed by atoms with Crippen molar-refractivity contribution in [2.45, 2.75) is 46.5 Å². The number of nitrogens with one attached hydrogen (secondary N) is 4. The van der Waals surface area contributed by atoms with Crippen LogP contribution in [0.4, 0.5) is 5.69 Å². The van der Waals surface area contributed by atoms with Crippen LogP contribution in [0.25, 0.3) is 0 Å². The molecule has 0 radical (unpaired) electrons. The smallest absolute Gasteiger partial charge is 0.269 e. The zero-order chi connectivity index (χ0) is 29.3. The summed E-state index contributed by atoms with van der Waals surface area (Å²) in [4.78, 5) is 37.5. The number of carbonyl (C=O) groups excluding carboxylic acids is 3. The number of benzene rings is 3. The fourth-order valence-corrected chi connectivity index (χ4v) is 3.68. The first-order valence-electron chi connectivity index (χ1n) is 13.1. The standard InChI is InChI=1S/C31H36N4O4S/c1-20(2)18-19-39-26-16-10-22(11-17-26)28(37)33-30(40)35-34-29(38)23-8-14-25(15-9-23)32-27(36)21-6-12-24(13-7-21)31(3,4)5/h6-17,20H,18-19H2,1-5H3,(H,32,36)(H,34,38)(H2,33,35,37,40). The molecule has 9 heteroatoms. The molecule has 0 aromatic heterocycles. The van der Waals surface area contributed by atoms with Crippen LogP contribution in [0.3, 0.4) is 0 Å². The molecule has 210 valence electrons. The Morgan fingerprint density at radius 3 is 1.85 bits per heavy atom. The molecule has 0 spiro atoms. The summed E-state index contributed by atoms with van der Waals surface area (Å²) in [6.45, 7) is 11.2. The topological polar surface area (TPSA) is 109 Å². The zero-order valence-corrected chi connectivity index (χ0v) is 24.3. The normalized spacial score (nSPS) is 10.9. The molecule has 0 saturated heterocycles. The first kappa shape index (κ1) is 30.3. The predicted molar refractivity (Wildman–Crippen MR) is 162 cm³/mol. The molecular formula is C31H36N4O4S. The van der Waals surface area contributed by atoms with Crippen molar-refractivity contribution in [3.63, 3.8) is 0 Å². The second-order valence-corrected chi connectivity index (χ2v) is 11.2. The highest BCUT2D eigenvalue weighted by Gasteiger charge is 2.15. The Balaban J connectivity index is 1.45. The highest BCUT2D eigenvalue weighted by atomic mass is 32.1. The van der Waals surface area contributed by atoms with Crippen LogP contribution in [0.1, 0.15) is 77.7 Å². The monoisotopic (exact) mass is 560 g/mol. The van der Waals surface area contributed by atoms with Gasteiger partial charge in [0.05, 0.1) is 6.61 Å². The van der Waals surface area contributed by atoms with Crippen molar-refractivity contribution in [3.05, 3.63) is 95.1 Å². The molecule has 40 heavy (non-hydrogen) atoms. The Morgan fingerprint density at radius 2 is 1.27 bits per heavy atom. The Labute approximate surface area is 240 Å². The van der Waals surface area contributed by atoms with Crippen molar-refractivity contribution in [2.75, 3.05) is 11.9 Å². The van der Waals surface area contributed by atoms with Gasteiger partial charge >= 0.3 is 0 Å². The lowest BCUT2D eigenvalue weighted by molar-refractivity contribution is 0.0934. The average Bonchev–Trinajstić information content (AvgIpc) is 2.92. The van der Waals surface area contributed by atoms with E-state index in [9.17, 15) is 14.4 Å². The summed E-state index contributed by atoms with van der Waals surface area (Å²) >= 11 is 5.12. The second kappa shape index (κ2) is 13.7. The third-order valence-corrected chi connectivity index (χ3v) is 6.22. The first-order valence-corrected chi connectivity index (χ1v) is 13.5. The maximum atomic E-state index is 12.6. The summed E-state index contributed by atoms with van der Waals surface area (Å²) < 4.78 is 5.66. The Hall–Kier alpha value is -4.24. The number of amides is 3. The van der Waals surface area contributed by atoms with Crippen LogP contribution in [0.2, 0.25) is 0 Å². The number of hydrogen-bond donors (Lipinski definition) is 4. The molecule has 3 aromatic rings.